The van der Waals surface area contributed by atoms with Gasteiger partial charge in [0.1, 0.15) is 13.4 Å². The van der Waals surface area contributed by atoms with Gasteiger partial charge in [0.15, 0.2) is 0 Å². The van der Waals surface area contributed by atoms with Gasteiger partial charge in [0, 0.05) is 13.1 Å². The summed E-state index contributed by atoms with van der Waals surface area (Å²) in [7, 11) is 0. The highest BCUT2D eigenvalue weighted by molar-refractivity contribution is 4.68. The van der Waals surface area contributed by atoms with Crippen LogP contribution in [0.1, 0.15) is 0 Å². The van der Waals surface area contributed by atoms with E-state index in [-0.39, 0.29) is 0 Å². The highest BCUT2D eigenvalue weighted by atomic mass is 16.7. The van der Waals surface area contributed by atoms with Gasteiger partial charge in [-0.25, -0.2) is 5.01 Å². The van der Waals surface area contributed by atoms with Gasteiger partial charge in [-0.05, 0) is 0 Å². The Hall–Kier alpha value is -0.200. The molecule has 2 rings (SSSR count). The Bertz CT molecular complexity index is 94.2. The average molecular weight is 143 g/mol. The number of rotatable bonds is 1. The minimum atomic E-state index is 0.613. The summed E-state index contributed by atoms with van der Waals surface area (Å²) in [4.78, 5) is 4.92. The SMILES string of the molecule is [CH]1NOCN1N1CCNC1. The predicted molar refractivity (Wildman–Crippen MR) is 34.8 cm³/mol. The van der Waals surface area contributed by atoms with Crippen LogP contribution in [0.25, 0.3) is 0 Å². The van der Waals surface area contributed by atoms with Gasteiger partial charge in [0.05, 0.1) is 6.67 Å². The molecule has 0 aromatic rings. The van der Waals surface area contributed by atoms with Crippen molar-refractivity contribution in [1.82, 2.24) is 20.8 Å². The number of hydrazine groups is 1. The summed E-state index contributed by atoms with van der Waals surface area (Å²) in [6, 6.07) is 0. The van der Waals surface area contributed by atoms with Crippen LogP contribution in [-0.4, -0.2) is 36.5 Å². The fourth-order valence-electron chi connectivity index (χ4n) is 1.12. The van der Waals surface area contributed by atoms with Gasteiger partial charge < -0.3 is 5.32 Å². The molecule has 2 N–H and O–H groups in total. The zero-order valence-corrected chi connectivity index (χ0v) is 5.71. The molecule has 0 bridgehead atoms. The Morgan fingerprint density at radius 3 is 3.10 bits per heavy atom. The first-order valence-corrected chi connectivity index (χ1v) is 3.40. The van der Waals surface area contributed by atoms with E-state index in [1.807, 2.05) is 11.7 Å². The molecule has 1 radical (unpaired) electrons. The molecule has 0 aliphatic carbocycles. The van der Waals surface area contributed by atoms with E-state index >= 15 is 0 Å². The molecule has 0 atom stereocenters. The molecule has 2 heterocycles. The van der Waals surface area contributed by atoms with Crippen LogP contribution in [0.3, 0.4) is 0 Å². The maximum Gasteiger partial charge on any atom is 0.135 e. The third kappa shape index (κ3) is 1.14. The van der Waals surface area contributed by atoms with Crippen molar-refractivity contribution in [3.05, 3.63) is 6.67 Å². The summed E-state index contributed by atoms with van der Waals surface area (Å²) < 4.78 is 0. The number of hydroxylamine groups is 1. The maximum atomic E-state index is 4.92. The quantitative estimate of drug-likeness (QED) is 0.476. The minimum absolute atomic E-state index is 0.613. The molecular formula is C5H11N4O. The molecule has 0 aromatic carbocycles. The summed E-state index contributed by atoms with van der Waals surface area (Å²) >= 11 is 0. The second-order valence-corrected chi connectivity index (χ2v) is 2.35. The zero-order chi connectivity index (χ0) is 6.81. The topological polar surface area (TPSA) is 39.8 Å². The maximum absolute atomic E-state index is 4.92. The first-order valence-electron chi connectivity index (χ1n) is 3.40. The third-order valence-corrected chi connectivity index (χ3v) is 1.69. The lowest BCUT2D eigenvalue weighted by atomic mass is 10.7. The van der Waals surface area contributed by atoms with Crippen molar-refractivity contribution in [2.75, 3.05) is 26.5 Å². The fraction of sp³-hybridized carbons (Fsp3) is 0.800. The van der Waals surface area contributed by atoms with Crippen LogP contribution in [0.15, 0.2) is 0 Å². The highest BCUT2D eigenvalue weighted by Crippen LogP contribution is 2.05. The van der Waals surface area contributed by atoms with Crippen LogP contribution in [0.4, 0.5) is 0 Å². The minimum Gasteiger partial charge on any atom is -0.302 e. The monoisotopic (exact) mass is 143 g/mol. The molecule has 0 aromatic heterocycles. The standard InChI is InChI=1S/C5H11N4O/c1-2-8(3-6-1)9-4-7-10-5-9/h4,6-7H,1-3,5H2. The van der Waals surface area contributed by atoms with Crippen LogP contribution in [0.2, 0.25) is 0 Å². The van der Waals surface area contributed by atoms with Gasteiger partial charge in [-0.3, -0.25) is 4.84 Å². The average Bonchev–Trinajstić information content (AvgIpc) is 2.59. The van der Waals surface area contributed by atoms with E-state index in [9.17, 15) is 0 Å². The van der Waals surface area contributed by atoms with Crippen LogP contribution in [0.5, 0.6) is 0 Å². The Labute approximate surface area is 59.8 Å². The molecule has 5 nitrogen and oxygen atoms in total. The smallest absolute Gasteiger partial charge is 0.135 e. The van der Waals surface area contributed by atoms with Crippen LogP contribution < -0.4 is 10.8 Å². The van der Waals surface area contributed by atoms with E-state index in [1.54, 1.807) is 0 Å². The lowest BCUT2D eigenvalue weighted by Gasteiger charge is -2.22. The molecule has 2 saturated heterocycles. The van der Waals surface area contributed by atoms with Crippen molar-refractivity contribution >= 4 is 0 Å². The molecule has 2 aliphatic heterocycles. The van der Waals surface area contributed by atoms with Gasteiger partial charge in [-0.2, -0.15) is 10.5 Å². The molecule has 5 heteroatoms. The summed E-state index contributed by atoms with van der Waals surface area (Å²) in [5, 5.41) is 7.42. The molecule has 0 unspecified atom stereocenters. The van der Waals surface area contributed by atoms with Crippen molar-refractivity contribution in [3.8, 4) is 0 Å². The normalized spacial score (nSPS) is 30.0. The van der Waals surface area contributed by atoms with E-state index in [0.717, 1.165) is 19.8 Å². The van der Waals surface area contributed by atoms with Crippen molar-refractivity contribution in [3.63, 3.8) is 0 Å². The van der Waals surface area contributed by atoms with Crippen LogP contribution in [-0.2, 0) is 4.84 Å². The molecule has 2 fully saturated rings. The Kier molecular flexibility index (Phi) is 1.83. The van der Waals surface area contributed by atoms with Gasteiger partial charge in [-0.15, -0.1) is 0 Å². The number of nitrogens with one attached hydrogen (secondary N) is 2. The Balaban J connectivity index is 1.85. The van der Waals surface area contributed by atoms with Crippen molar-refractivity contribution in [2.24, 2.45) is 0 Å². The highest BCUT2D eigenvalue weighted by Gasteiger charge is 2.22. The zero-order valence-electron chi connectivity index (χ0n) is 5.71. The molecule has 2 aliphatic rings. The second-order valence-electron chi connectivity index (χ2n) is 2.35. The van der Waals surface area contributed by atoms with E-state index < -0.39 is 0 Å². The third-order valence-electron chi connectivity index (χ3n) is 1.69. The van der Waals surface area contributed by atoms with E-state index in [4.69, 9.17) is 4.84 Å². The van der Waals surface area contributed by atoms with E-state index in [0.29, 0.717) is 6.73 Å². The van der Waals surface area contributed by atoms with Gasteiger partial charge >= 0.3 is 0 Å². The van der Waals surface area contributed by atoms with Gasteiger partial charge in [0.25, 0.3) is 0 Å². The summed E-state index contributed by atoms with van der Waals surface area (Å²) in [6.07, 6.45) is 0. The number of hydrogen-bond donors (Lipinski definition) is 2. The summed E-state index contributed by atoms with van der Waals surface area (Å²) in [5.41, 5.74) is 2.68. The molecule has 0 amide bonds. The van der Waals surface area contributed by atoms with Crippen LogP contribution in [0, 0.1) is 6.67 Å². The second kappa shape index (κ2) is 2.81. The molecule has 0 spiro atoms. The first-order chi connectivity index (χ1) is 4.97. The Morgan fingerprint density at radius 2 is 2.50 bits per heavy atom. The number of nitrogens with zero attached hydrogens (tertiary/aromatic N) is 2. The van der Waals surface area contributed by atoms with Crippen LogP contribution >= 0.6 is 0 Å². The van der Waals surface area contributed by atoms with E-state index in [1.165, 1.54) is 0 Å². The van der Waals surface area contributed by atoms with Crippen molar-refractivity contribution in [2.45, 2.75) is 0 Å². The van der Waals surface area contributed by atoms with Gasteiger partial charge in [0.2, 0.25) is 0 Å². The molecule has 57 valence electrons. The molecule has 10 heavy (non-hydrogen) atoms. The largest absolute Gasteiger partial charge is 0.302 e. The van der Waals surface area contributed by atoms with Crippen molar-refractivity contribution in [1.29, 1.82) is 0 Å². The fourth-order valence-corrected chi connectivity index (χ4v) is 1.12. The molecule has 0 saturated carbocycles. The van der Waals surface area contributed by atoms with Gasteiger partial charge in [-0.1, -0.05) is 0 Å². The first kappa shape index (κ1) is 6.51. The molecular weight excluding hydrogens is 132 g/mol. The summed E-state index contributed by atoms with van der Waals surface area (Å²) in [6.45, 7) is 5.47. The lowest BCUT2D eigenvalue weighted by Crippen LogP contribution is -2.38. The van der Waals surface area contributed by atoms with E-state index in [2.05, 4.69) is 15.8 Å². The summed E-state index contributed by atoms with van der Waals surface area (Å²) in [5.74, 6) is 0. The number of hydrogen-bond acceptors (Lipinski definition) is 5. The van der Waals surface area contributed by atoms with Crippen molar-refractivity contribution < 1.29 is 4.84 Å². The predicted octanol–water partition coefficient (Wildman–Crippen LogP) is -1.32. The Morgan fingerprint density at radius 1 is 1.50 bits per heavy atom. The lowest BCUT2D eigenvalue weighted by molar-refractivity contribution is -0.0168.